The zero-order chi connectivity index (χ0) is 35.3. The molecule has 50 heavy (non-hydrogen) atoms. The Morgan fingerprint density at radius 2 is 1.48 bits per heavy atom. The van der Waals surface area contributed by atoms with Crippen LogP contribution in [0.25, 0.3) is 0 Å². The SMILES string of the molecule is COc1cc(C(=O)N2CCOC(CCN3CCC(C(=O)N4CCOCC4)(C4CCCCC4)CC3)(c3ccc(Cl)c(Cl)c3)C2)cc(OC)c1OC. The number of carbonyl (C=O) groups excluding carboxylic acids is 2. The topological polar surface area (TPSA) is 90.0 Å². The maximum atomic E-state index is 14.3. The van der Waals surface area contributed by atoms with Crippen molar-refractivity contribution >= 4 is 35.0 Å². The quantitative estimate of drug-likeness (QED) is 0.282. The van der Waals surface area contributed by atoms with Gasteiger partial charge in [0.05, 0.1) is 63.2 Å². The van der Waals surface area contributed by atoms with Gasteiger partial charge in [-0.2, -0.15) is 0 Å². The molecule has 0 aromatic heterocycles. The summed E-state index contributed by atoms with van der Waals surface area (Å²) in [5, 5.41) is 0.906. The third kappa shape index (κ3) is 7.56. The average molecular weight is 733 g/mol. The normalized spacial score (nSPS) is 23.4. The van der Waals surface area contributed by atoms with Crippen LogP contribution in [0.5, 0.6) is 17.2 Å². The monoisotopic (exact) mass is 731 g/mol. The first kappa shape index (κ1) is 37.0. The van der Waals surface area contributed by atoms with Crippen LogP contribution in [0.1, 0.15) is 67.3 Å². The van der Waals surface area contributed by atoms with Crippen molar-refractivity contribution in [3.05, 3.63) is 51.5 Å². The molecule has 0 radical (unpaired) electrons. The van der Waals surface area contributed by atoms with E-state index in [9.17, 15) is 9.59 Å². The van der Waals surface area contributed by atoms with Crippen LogP contribution in [0, 0.1) is 11.3 Å². The average Bonchev–Trinajstić information content (AvgIpc) is 3.17. The summed E-state index contributed by atoms with van der Waals surface area (Å²) in [6.45, 7) is 6.16. The third-order valence-electron chi connectivity index (χ3n) is 11.5. The molecule has 4 aliphatic rings. The number of hydrogen-bond acceptors (Lipinski definition) is 8. The van der Waals surface area contributed by atoms with Gasteiger partial charge in [-0.05, 0) is 80.9 Å². The summed E-state index contributed by atoms with van der Waals surface area (Å²) in [6, 6.07) is 8.98. The van der Waals surface area contributed by atoms with E-state index in [0.717, 1.165) is 50.9 Å². The van der Waals surface area contributed by atoms with E-state index in [1.54, 1.807) is 18.2 Å². The predicted molar refractivity (Wildman–Crippen MR) is 193 cm³/mol. The Labute approximate surface area is 306 Å². The number of amides is 2. The maximum Gasteiger partial charge on any atom is 0.254 e. The Kier molecular flexibility index (Phi) is 12.1. The van der Waals surface area contributed by atoms with E-state index in [4.69, 9.17) is 46.9 Å². The molecular formula is C38H51Cl2N3O7. The summed E-state index contributed by atoms with van der Waals surface area (Å²) < 4.78 is 28.8. The van der Waals surface area contributed by atoms with Crippen LogP contribution in [0.2, 0.25) is 10.0 Å². The molecule has 4 fully saturated rings. The largest absolute Gasteiger partial charge is 0.493 e. The summed E-state index contributed by atoms with van der Waals surface area (Å²) in [7, 11) is 4.61. The zero-order valence-electron chi connectivity index (χ0n) is 29.6. The molecule has 2 aromatic rings. The fourth-order valence-electron chi connectivity index (χ4n) is 8.64. The fraction of sp³-hybridized carbons (Fsp3) is 0.632. The molecule has 10 nitrogen and oxygen atoms in total. The Hall–Kier alpha value is -2.76. The summed E-state index contributed by atoms with van der Waals surface area (Å²) in [6.07, 6.45) is 8.32. The predicted octanol–water partition coefficient (Wildman–Crippen LogP) is 6.30. The molecule has 1 unspecified atom stereocenters. The molecular weight excluding hydrogens is 681 g/mol. The first-order valence-electron chi connectivity index (χ1n) is 18.0. The molecule has 0 spiro atoms. The highest BCUT2D eigenvalue weighted by molar-refractivity contribution is 6.42. The number of benzene rings is 2. The molecule has 3 aliphatic heterocycles. The zero-order valence-corrected chi connectivity index (χ0v) is 31.2. The summed E-state index contributed by atoms with van der Waals surface area (Å²) >= 11 is 12.9. The fourth-order valence-corrected chi connectivity index (χ4v) is 8.94. The number of likely N-dealkylation sites (tertiary alicyclic amines) is 1. The van der Waals surface area contributed by atoms with E-state index in [2.05, 4.69) is 9.80 Å². The van der Waals surface area contributed by atoms with Gasteiger partial charge in [0.25, 0.3) is 5.91 Å². The van der Waals surface area contributed by atoms with Crippen LogP contribution >= 0.6 is 23.2 Å². The van der Waals surface area contributed by atoms with Gasteiger partial charge in [-0.25, -0.2) is 0 Å². The lowest BCUT2D eigenvalue weighted by molar-refractivity contribution is -0.155. The number of ether oxygens (including phenoxy) is 5. The highest BCUT2D eigenvalue weighted by Crippen LogP contribution is 2.48. The third-order valence-corrected chi connectivity index (χ3v) is 12.3. The molecule has 2 aromatic carbocycles. The Bertz CT molecular complexity index is 1480. The van der Waals surface area contributed by atoms with Gasteiger partial charge in [0.1, 0.15) is 5.60 Å². The van der Waals surface area contributed by atoms with E-state index in [-0.39, 0.29) is 11.3 Å². The number of nitrogens with zero attached hydrogens (tertiary/aromatic N) is 3. The van der Waals surface area contributed by atoms with Gasteiger partial charge in [0.2, 0.25) is 11.7 Å². The lowest BCUT2D eigenvalue weighted by Crippen LogP contribution is -2.57. The molecule has 274 valence electrons. The van der Waals surface area contributed by atoms with Crippen molar-refractivity contribution in [2.45, 2.75) is 57.0 Å². The van der Waals surface area contributed by atoms with Gasteiger partial charge >= 0.3 is 0 Å². The Balaban J connectivity index is 1.22. The molecule has 3 heterocycles. The van der Waals surface area contributed by atoms with Gasteiger partial charge < -0.3 is 38.4 Å². The van der Waals surface area contributed by atoms with Gasteiger partial charge in [0, 0.05) is 31.7 Å². The summed E-state index contributed by atoms with van der Waals surface area (Å²) in [5.41, 5.74) is 0.195. The summed E-state index contributed by atoms with van der Waals surface area (Å²) in [4.78, 5) is 34.8. The molecule has 0 bridgehead atoms. The van der Waals surface area contributed by atoms with Crippen molar-refractivity contribution in [2.24, 2.45) is 11.3 Å². The van der Waals surface area contributed by atoms with Crippen LogP contribution < -0.4 is 14.2 Å². The number of rotatable bonds is 10. The van der Waals surface area contributed by atoms with Crippen molar-refractivity contribution in [1.82, 2.24) is 14.7 Å². The van der Waals surface area contributed by atoms with Crippen molar-refractivity contribution in [3.8, 4) is 17.2 Å². The highest BCUT2D eigenvalue weighted by atomic mass is 35.5. The van der Waals surface area contributed by atoms with E-state index in [0.29, 0.717) is 97.1 Å². The second-order valence-corrected chi connectivity index (χ2v) is 14.9. The smallest absolute Gasteiger partial charge is 0.254 e. The lowest BCUT2D eigenvalue weighted by atomic mass is 9.63. The van der Waals surface area contributed by atoms with Crippen molar-refractivity contribution < 1.29 is 33.3 Å². The minimum absolute atomic E-state index is 0.158. The van der Waals surface area contributed by atoms with Crippen LogP contribution in [0.3, 0.4) is 0 Å². The molecule has 1 saturated carbocycles. The molecule has 6 rings (SSSR count). The van der Waals surface area contributed by atoms with Crippen LogP contribution in [-0.4, -0.2) is 113 Å². The van der Waals surface area contributed by atoms with E-state index in [1.165, 1.54) is 40.6 Å². The van der Waals surface area contributed by atoms with E-state index >= 15 is 0 Å². The Morgan fingerprint density at radius 3 is 2.10 bits per heavy atom. The standard InChI is InChI=1S/C38H51Cl2N3O7/c1-46-32-23-27(24-33(47-2)34(32)48-3)35(44)43-19-22-50-38(26-43,29-9-10-30(39)31(40)25-29)13-16-41-14-11-37(12-15-41,28-7-5-4-6-8-28)36(45)42-17-20-49-21-18-42/h9-10,23-25,28H,4-8,11-22,26H2,1-3H3. The number of morpholine rings is 2. The second kappa shape index (κ2) is 16.3. The minimum atomic E-state index is -0.815. The van der Waals surface area contributed by atoms with E-state index < -0.39 is 5.60 Å². The number of carbonyl (C=O) groups is 2. The first-order chi connectivity index (χ1) is 24.2. The molecule has 3 saturated heterocycles. The Morgan fingerprint density at radius 1 is 0.820 bits per heavy atom. The number of halogens is 2. The summed E-state index contributed by atoms with van der Waals surface area (Å²) in [5.74, 6) is 1.89. The van der Waals surface area contributed by atoms with E-state index in [1.807, 2.05) is 17.0 Å². The minimum Gasteiger partial charge on any atom is -0.493 e. The second-order valence-electron chi connectivity index (χ2n) is 14.1. The number of piperidine rings is 1. The maximum absolute atomic E-state index is 14.3. The number of methoxy groups -OCH3 is 3. The molecule has 0 N–H and O–H groups in total. The van der Waals surface area contributed by atoms with Crippen LogP contribution in [-0.2, 0) is 19.9 Å². The molecule has 1 atom stereocenters. The molecule has 12 heteroatoms. The molecule has 2 amide bonds. The van der Waals surface area contributed by atoms with Gasteiger partial charge in [-0.1, -0.05) is 48.5 Å². The van der Waals surface area contributed by atoms with Gasteiger partial charge in [0.15, 0.2) is 11.5 Å². The van der Waals surface area contributed by atoms with Crippen molar-refractivity contribution in [3.63, 3.8) is 0 Å². The van der Waals surface area contributed by atoms with Crippen molar-refractivity contribution in [2.75, 3.05) is 87.0 Å². The van der Waals surface area contributed by atoms with Crippen LogP contribution in [0.15, 0.2) is 30.3 Å². The highest BCUT2D eigenvalue weighted by Gasteiger charge is 2.50. The van der Waals surface area contributed by atoms with Gasteiger partial charge in [-0.3, -0.25) is 9.59 Å². The van der Waals surface area contributed by atoms with Crippen LogP contribution in [0.4, 0.5) is 0 Å². The van der Waals surface area contributed by atoms with Crippen molar-refractivity contribution in [1.29, 1.82) is 0 Å². The first-order valence-corrected chi connectivity index (χ1v) is 18.8. The van der Waals surface area contributed by atoms with Gasteiger partial charge in [-0.15, -0.1) is 0 Å². The molecule has 1 aliphatic carbocycles. The lowest BCUT2D eigenvalue weighted by Gasteiger charge is -2.50. The number of hydrogen-bond donors (Lipinski definition) is 0.